The fourth-order valence-corrected chi connectivity index (χ4v) is 3.92. The first kappa shape index (κ1) is 16.6. The van der Waals surface area contributed by atoms with Crippen LogP contribution in [0.2, 0.25) is 5.02 Å². The summed E-state index contributed by atoms with van der Waals surface area (Å²) in [6.45, 7) is 3.03. The second-order valence-corrected chi connectivity index (χ2v) is 7.01. The highest BCUT2D eigenvalue weighted by Crippen LogP contribution is 2.43. The normalized spacial score (nSPS) is 25.8. The molecule has 0 heterocycles. The minimum Gasteiger partial charge on any atom is -0.496 e. The van der Waals surface area contributed by atoms with Crippen LogP contribution in [0.1, 0.15) is 51.0 Å². The zero-order chi connectivity index (χ0) is 15.3. The summed E-state index contributed by atoms with van der Waals surface area (Å²) >= 11 is 6.16. The Kier molecular flexibility index (Phi) is 5.95. The third-order valence-electron chi connectivity index (χ3n) is 5.10. The van der Waals surface area contributed by atoms with Crippen molar-refractivity contribution in [2.75, 3.05) is 13.7 Å². The van der Waals surface area contributed by atoms with Gasteiger partial charge in [-0.1, -0.05) is 31.4 Å². The van der Waals surface area contributed by atoms with Gasteiger partial charge in [-0.15, -0.1) is 0 Å². The number of hydrogen-bond acceptors (Lipinski definition) is 2. The van der Waals surface area contributed by atoms with Crippen LogP contribution < -0.4 is 10.5 Å². The molecule has 1 saturated carbocycles. The third-order valence-corrected chi connectivity index (χ3v) is 5.34. The van der Waals surface area contributed by atoms with Crippen LogP contribution in [0, 0.1) is 11.3 Å². The molecular formula is C18H28ClNO. The van der Waals surface area contributed by atoms with Gasteiger partial charge in [0.1, 0.15) is 5.75 Å². The summed E-state index contributed by atoms with van der Waals surface area (Å²) in [7, 11) is 1.72. The van der Waals surface area contributed by atoms with Crippen LogP contribution in [-0.2, 0) is 6.42 Å². The van der Waals surface area contributed by atoms with Gasteiger partial charge in [0.05, 0.1) is 7.11 Å². The average molecular weight is 310 g/mol. The van der Waals surface area contributed by atoms with Gasteiger partial charge in [0.15, 0.2) is 0 Å². The van der Waals surface area contributed by atoms with Crippen molar-refractivity contribution in [2.24, 2.45) is 17.1 Å². The highest BCUT2D eigenvalue weighted by Gasteiger charge is 2.34. The van der Waals surface area contributed by atoms with Crippen molar-refractivity contribution in [1.29, 1.82) is 0 Å². The van der Waals surface area contributed by atoms with Crippen LogP contribution in [0.4, 0.5) is 0 Å². The molecule has 0 aromatic heterocycles. The monoisotopic (exact) mass is 309 g/mol. The molecule has 118 valence electrons. The predicted octanol–water partition coefficient (Wildman–Crippen LogP) is 4.83. The van der Waals surface area contributed by atoms with E-state index >= 15 is 0 Å². The Morgan fingerprint density at radius 2 is 2.05 bits per heavy atom. The van der Waals surface area contributed by atoms with E-state index in [0.29, 0.717) is 0 Å². The number of ether oxygens (including phenoxy) is 1. The minimum absolute atomic E-state index is 0.224. The second-order valence-electron chi connectivity index (χ2n) is 6.57. The summed E-state index contributed by atoms with van der Waals surface area (Å²) in [5.74, 6) is 1.83. The number of methoxy groups -OCH3 is 1. The molecule has 2 nitrogen and oxygen atoms in total. The lowest BCUT2D eigenvalue weighted by Gasteiger charge is -2.40. The number of rotatable bonds is 6. The van der Waals surface area contributed by atoms with E-state index in [0.717, 1.165) is 29.7 Å². The maximum atomic E-state index is 6.16. The molecule has 0 spiro atoms. The number of benzene rings is 1. The fraction of sp³-hybridized carbons (Fsp3) is 0.667. The van der Waals surface area contributed by atoms with Crippen LogP contribution >= 0.6 is 11.6 Å². The van der Waals surface area contributed by atoms with Gasteiger partial charge in [-0.3, -0.25) is 0 Å². The van der Waals surface area contributed by atoms with E-state index in [-0.39, 0.29) is 5.41 Å². The molecule has 1 fully saturated rings. The van der Waals surface area contributed by atoms with Crippen LogP contribution in [-0.4, -0.2) is 13.7 Å². The third kappa shape index (κ3) is 4.14. The predicted molar refractivity (Wildman–Crippen MR) is 90.1 cm³/mol. The molecule has 1 aromatic rings. The Bertz CT molecular complexity index is 453. The van der Waals surface area contributed by atoms with E-state index in [9.17, 15) is 0 Å². The van der Waals surface area contributed by atoms with Crippen molar-refractivity contribution < 1.29 is 4.74 Å². The topological polar surface area (TPSA) is 35.2 Å². The summed E-state index contributed by atoms with van der Waals surface area (Å²) in [6.07, 6.45) is 8.71. The van der Waals surface area contributed by atoms with Crippen molar-refractivity contribution in [1.82, 2.24) is 0 Å². The van der Waals surface area contributed by atoms with Gasteiger partial charge in [0.25, 0.3) is 0 Å². The quantitative estimate of drug-likeness (QED) is 0.817. The Hall–Kier alpha value is -0.730. The van der Waals surface area contributed by atoms with Crippen molar-refractivity contribution in [2.45, 2.75) is 51.9 Å². The Balaban J connectivity index is 2.11. The Morgan fingerprint density at radius 1 is 1.33 bits per heavy atom. The maximum Gasteiger partial charge on any atom is 0.122 e. The lowest BCUT2D eigenvalue weighted by Crippen LogP contribution is -2.37. The standard InChI is InChI=1S/C18H28ClNO/c1-3-4-14-7-9-18(13-20,10-8-14)12-15-11-16(19)5-6-17(15)21-2/h5-6,11,14H,3-4,7-10,12-13,20H2,1-2H3. The van der Waals surface area contributed by atoms with Gasteiger partial charge >= 0.3 is 0 Å². The largest absolute Gasteiger partial charge is 0.496 e. The summed E-state index contributed by atoms with van der Waals surface area (Å²) in [5, 5.41) is 0.776. The highest BCUT2D eigenvalue weighted by molar-refractivity contribution is 6.30. The molecule has 2 N–H and O–H groups in total. The molecule has 2 rings (SSSR count). The van der Waals surface area contributed by atoms with Crippen molar-refractivity contribution in [3.8, 4) is 5.75 Å². The minimum atomic E-state index is 0.224. The molecule has 0 radical (unpaired) electrons. The second kappa shape index (κ2) is 7.51. The molecule has 1 aliphatic rings. The summed E-state index contributed by atoms with van der Waals surface area (Å²) < 4.78 is 5.49. The van der Waals surface area contributed by atoms with E-state index in [1.165, 1.54) is 44.1 Å². The zero-order valence-corrected chi connectivity index (χ0v) is 14.1. The van der Waals surface area contributed by atoms with Crippen LogP contribution in [0.3, 0.4) is 0 Å². The zero-order valence-electron chi connectivity index (χ0n) is 13.3. The molecule has 0 atom stereocenters. The van der Waals surface area contributed by atoms with Gasteiger partial charge < -0.3 is 10.5 Å². The smallest absolute Gasteiger partial charge is 0.122 e. The molecule has 21 heavy (non-hydrogen) atoms. The van der Waals surface area contributed by atoms with Crippen LogP contribution in [0.5, 0.6) is 5.75 Å². The molecule has 0 bridgehead atoms. The molecule has 3 heteroatoms. The van der Waals surface area contributed by atoms with E-state index < -0.39 is 0 Å². The maximum absolute atomic E-state index is 6.16. The van der Waals surface area contributed by atoms with E-state index in [4.69, 9.17) is 22.1 Å². The van der Waals surface area contributed by atoms with E-state index in [1.54, 1.807) is 7.11 Å². The fourth-order valence-electron chi connectivity index (χ4n) is 3.73. The molecule has 0 aliphatic heterocycles. The number of nitrogens with two attached hydrogens (primary N) is 1. The lowest BCUT2D eigenvalue weighted by atomic mass is 9.66. The molecule has 0 amide bonds. The summed E-state index contributed by atoms with van der Waals surface area (Å²) in [5.41, 5.74) is 7.58. The van der Waals surface area contributed by atoms with Gasteiger partial charge in [-0.25, -0.2) is 0 Å². The van der Waals surface area contributed by atoms with Crippen LogP contribution in [0.15, 0.2) is 18.2 Å². The summed E-state index contributed by atoms with van der Waals surface area (Å²) in [4.78, 5) is 0. The van der Waals surface area contributed by atoms with Gasteiger partial charge in [-0.05, 0) is 73.7 Å². The van der Waals surface area contributed by atoms with E-state index in [2.05, 4.69) is 6.92 Å². The van der Waals surface area contributed by atoms with Gasteiger partial charge in [0, 0.05) is 5.02 Å². The summed E-state index contributed by atoms with van der Waals surface area (Å²) in [6, 6.07) is 5.89. The highest BCUT2D eigenvalue weighted by atomic mass is 35.5. The first-order chi connectivity index (χ1) is 10.1. The average Bonchev–Trinajstić information content (AvgIpc) is 2.50. The Labute approximate surface area is 134 Å². The molecule has 0 saturated heterocycles. The van der Waals surface area contributed by atoms with Gasteiger partial charge in [-0.2, -0.15) is 0 Å². The Morgan fingerprint density at radius 3 is 2.62 bits per heavy atom. The van der Waals surface area contributed by atoms with Crippen molar-refractivity contribution >= 4 is 11.6 Å². The van der Waals surface area contributed by atoms with E-state index in [1.807, 2.05) is 18.2 Å². The molecule has 1 aliphatic carbocycles. The van der Waals surface area contributed by atoms with Gasteiger partial charge in [0.2, 0.25) is 0 Å². The lowest BCUT2D eigenvalue weighted by molar-refractivity contribution is 0.150. The van der Waals surface area contributed by atoms with Crippen molar-refractivity contribution in [3.05, 3.63) is 28.8 Å². The number of hydrogen-bond donors (Lipinski definition) is 1. The molecule has 1 aromatic carbocycles. The molecule has 0 unspecified atom stereocenters. The number of halogens is 1. The molecular weight excluding hydrogens is 282 g/mol. The van der Waals surface area contributed by atoms with Crippen LogP contribution in [0.25, 0.3) is 0 Å². The SMILES string of the molecule is CCCC1CCC(CN)(Cc2cc(Cl)ccc2OC)CC1. The van der Waals surface area contributed by atoms with Crippen molar-refractivity contribution in [3.63, 3.8) is 0 Å². The first-order valence-corrected chi connectivity index (χ1v) is 8.53. The first-order valence-electron chi connectivity index (χ1n) is 8.15.